The summed E-state index contributed by atoms with van der Waals surface area (Å²) in [4.78, 5) is 12.7. The van der Waals surface area contributed by atoms with Gasteiger partial charge < -0.3 is 10.2 Å². The minimum atomic E-state index is -4.31. The zero-order valence-electron chi connectivity index (χ0n) is 10.2. The molecule has 1 amide bonds. The van der Waals surface area contributed by atoms with Gasteiger partial charge in [0.25, 0.3) is 0 Å². The van der Waals surface area contributed by atoms with E-state index in [4.69, 9.17) is 0 Å². The second-order valence-corrected chi connectivity index (χ2v) is 4.09. The van der Waals surface area contributed by atoms with Crippen LogP contribution in [-0.2, 0) is 17.5 Å². The molecule has 0 atom stereocenters. The zero-order chi connectivity index (χ0) is 13.8. The fraction of sp³-hybridized carbons (Fsp3) is 0.417. The van der Waals surface area contributed by atoms with E-state index in [9.17, 15) is 18.0 Å². The molecule has 6 heteroatoms. The van der Waals surface area contributed by atoms with E-state index in [1.54, 1.807) is 14.1 Å². The number of carbonyl (C=O) groups excluding carboxylic acids is 1. The molecule has 18 heavy (non-hydrogen) atoms. The van der Waals surface area contributed by atoms with Gasteiger partial charge >= 0.3 is 6.18 Å². The van der Waals surface area contributed by atoms with Crippen LogP contribution in [0.5, 0.6) is 0 Å². The number of nitrogens with one attached hydrogen (secondary N) is 1. The number of nitrogens with zero attached hydrogens (tertiary/aromatic N) is 1. The second kappa shape index (κ2) is 5.86. The maximum Gasteiger partial charge on any atom is 0.416 e. The molecule has 0 aliphatic carbocycles. The van der Waals surface area contributed by atoms with Crippen LogP contribution < -0.4 is 5.32 Å². The summed E-state index contributed by atoms with van der Waals surface area (Å²) in [6.07, 6.45) is -4.31. The minimum Gasteiger partial charge on any atom is -0.348 e. The van der Waals surface area contributed by atoms with E-state index in [2.05, 4.69) is 5.32 Å². The smallest absolute Gasteiger partial charge is 0.348 e. The quantitative estimate of drug-likeness (QED) is 0.896. The molecule has 1 aromatic carbocycles. The van der Waals surface area contributed by atoms with E-state index in [1.807, 2.05) is 0 Å². The van der Waals surface area contributed by atoms with E-state index in [0.717, 1.165) is 12.1 Å². The molecule has 0 aromatic heterocycles. The highest BCUT2D eigenvalue weighted by Gasteiger charge is 2.29. The van der Waals surface area contributed by atoms with Gasteiger partial charge in [-0.25, -0.2) is 0 Å². The van der Waals surface area contributed by atoms with Gasteiger partial charge in [0.1, 0.15) is 0 Å². The fourth-order valence-electron chi connectivity index (χ4n) is 1.28. The Morgan fingerprint density at radius 1 is 1.22 bits per heavy atom. The lowest BCUT2D eigenvalue weighted by Crippen LogP contribution is -2.32. The Labute approximate surface area is 104 Å². The van der Waals surface area contributed by atoms with E-state index < -0.39 is 11.7 Å². The highest BCUT2D eigenvalue weighted by molar-refractivity contribution is 5.77. The van der Waals surface area contributed by atoms with Crippen molar-refractivity contribution < 1.29 is 18.0 Å². The summed E-state index contributed by atoms with van der Waals surface area (Å²) in [7, 11) is 3.28. The van der Waals surface area contributed by atoms with Gasteiger partial charge in [0.2, 0.25) is 5.91 Å². The van der Waals surface area contributed by atoms with Gasteiger partial charge in [-0.2, -0.15) is 13.2 Å². The molecule has 0 aliphatic heterocycles. The average Bonchev–Trinajstić information content (AvgIpc) is 2.28. The normalized spacial score (nSPS) is 11.4. The zero-order valence-corrected chi connectivity index (χ0v) is 10.2. The summed E-state index contributed by atoms with van der Waals surface area (Å²) < 4.78 is 36.9. The van der Waals surface area contributed by atoms with Gasteiger partial charge in [-0.15, -0.1) is 0 Å². The largest absolute Gasteiger partial charge is 0.416 e. The lowest BCUT2D eigenvalue weighted by atomic mass is 10.1. The number of amides is 1. The number of alkyl halides is 3. The van der Waals surface area contributed by atoms with Crippen LogP contribution in [0.25, 0.3) is 0 Å². The van der Waals surface area contributed by atoms with Crippen LogP contribution in [0.15, 0.2) is 24.3 Å². The predicted molar refractivity (Wildman–Crippen MR) is 61.8 cm³/mol. The molecule has 3 nitrogen and oxygen atoms in total. The lowest BCUT2D eigenvalue weighted by molar-refractivity contribution is -0.137. The van der Waals surface area contributed by atoms with Crippen LogP contribution in [0.3, 0.4) is 0 Å². The van der Waals surface area contributed by atoms with Gasteiger partial charge in [-0.05, 0) is 17.7 Å². The molecule has 1 N–H and O–H groups in total. The summed E-state index contributed by atoms with van der Waals surface area (Å²) in [5, 5.41) is 2.87. The molecular weight excluding hydrogens is 245 g/mol. The summed E-state index contributed by atoms with van der Waals surface area (Å²) in [6.45, 7) is 0.520. The third-order valence-corrected chi connectivity index (χ3v) is 2.39. The number of hydrogen-bond acceptors (Lipinski definition) is 2. The van der Waals surface area contributed by atoms with Crippen molar-refractivity contribution in [3.63, 3.8) is 0 Å². The molecule has 1 rings (SSSR count). The predicted octanol–water partition coefficient (Wildman–Crippen LogP) is 1.88. The molecule has 0 radical (unpaired) electrons. The molecule has 0 saturated carbocycles. The van der Waals surface area contributed by atoms with Crippen molar-refractivity contribution in [2.24, 2.45) is 0 Å². The molecule has 0 spiro atoms. The Morgan fingerprint density at radius 3 is 2.22 bits per heavy atom. The maximum absolute atomic E-state index is 12.3. The summed E-state index contributed by atoms with van der Waals surface area (Å²) in [6, 6.07) is 4.86. The Bertz CT molecular complexity index is 399. The lowest BCUT2D eigenvalue weighted by Gasteiger charge is -2.11. The van der Waals surface area contributed by atoms with Crippen LogP contribution in [0, 0.1) is 0 Å². The van der Waals surface area contributed by atoms with Crippen molar-refractivity contribution in [1.82, 2.24) is 10.2 Å². The van der Waals surface area contributed by atoms with Crippen LogP contribution in [-0.4, -0.2) is 31.4 Å². The SMILES string of the molecule is CN(C)C(=O)CNCc1ccc(C(F)(F)F)cc1. The number of benzene rings is 1. The average molecular weight is 260 g/mol. The first-order valence-electron chi connectivity index (χ1n) is 5.37. The van der Waals surface area contributed by atoms with Crippen LogP contribution in [0.2, 0.25) is 0 Å². The Kier molecular flexibility index (Phi) is 4.72. The number of carbonyl (C=O) groups is 1. The van der Waals surface area contributed by atoms with Crippen LogP contribution in [0.4, 0.5) is 13.2 Å². The Balaban J connectivity index is 2.47. The van der Waals surface area contributed by atoms with Gasteiger partial charge in [0.15, 0.2) is 0 Å². The number of rotatable bonds is 4. The maximum atomic E-state index is 12.3. The molecule has 0 bridgehead atoms. The number of likely N-dealkylation sites (N-methyl/N-ethyl adjacent to an activating group) is 1. The molecule has 0 unspecified atom stereocenters. The van der Waals surface area contributed by atoms with Crippen molar-refractivity contribution >= 4 is 5.91 Å². The van der Waals surface area contributed by atoms with Crippen molar-refractivity contribution in [2.45, 2.75) is 12.7 Å². The number of halogens is 3. The topological polar surface area (TPSA) is 32.3 Å². The third-order valence-electron chi connectivity index (χ3n) is 2.39. The highest BCUT2D eigenvalue weighted by atomic mass is 19.4. The molecule has 0 aliphatic rings. The third kappa shape index (κ3) is 4.37. The fourth-order valence-corrected chi connectivity index (χ4v) is 1.28. The first kappa shape index (κ1) is 14.5. The molecular formula is C12H15F3N2O. The second-order valence-electron chi connectivity index (χ2n) is 4.09. The summed E-state index contributed by atoms with van der Waals surface area (Å²) in [5.41, 5.74) is 0.0326. The van der Waals surface area contributed by atoms with Crippen molar-refractivity contribution in [2.75, 3.05) is 20.6 Å². The van der Waals surface area contributed by atoms with Gasteiger partial charge in [-0.1, -0.05) is 12.1 Å². The molecule has 1 aromatic rings. The highest BCUT2D eigenvalue weighted by Crippen LogP contribution is 2.28. The number of hydrogen-bond donors (Lipinski definition) is 1. The first-order valence-corrected chi connectivity index (χ1v) is 5.37. The van der Waals surface area contributed by atoms with E-state index in [-0.39, 0.29) is 12.5 Å². The molecule has 0 saturated heterocycles. The van der Waals surface area contributed by atoms with Crippen molar-refractivity contribution in [3.05, 3.63) is 35.4 Å². The standard InChI is InChI=1S/C12H15F3N2O/c1-17(2)11(18)8-16-7-9-3-5-10(6-4-9)12(13,14)15/h3-6,16H,7-8H2,1-2H3. The Hall–Kier alpha value is -1.56. The minimum absolute atomic E-state index is 0.0816. The van der Waals surface area contributed by atoms with Gasteiger partial charge in [-0.3, -0.25) is 4.79 Å². The molecule has 100 valence electrons. The summed E-state index contributed by atoms with van der Waals surface area (Å²) >= 11 is 0. The van der Waals surface area contributed by atoms with E-state index in [0.29, 0.717) is 12.1 Å². The van der Waals surface area contributed by atoms with Crippen molar-refractivity contribution in [1.29, 1.82) is 0 Å². The van der Waals surface area contributed by atoms with Crippen molar-refractivity contribution in [3.8, 4) is 0 Å². The Morgan fingerprint density at radius 2 is 1.78 bits per heavy atom. The molecule has 0 fully saturated rings. The van der Waals surface area contributed by atoms with Crippen LogP contribution in [0.1, 0.15) is 11.1 Å². The van der Waals surface area contributed by atoms with E-state index in [1.165, 1.54) is 17.0 Å². The van der Waals surface area contributed by atoms with Crippen LogP contribution >= 0.6 is 0 Å². The monoisotopic (exact) mass is 260 g/mol. The summed E-state index contributed by atoms with van der Waals surface area (Å²) in [5.74, 6) is -0.0816. The molecule has 0 heterocycles. The van der Waals surface area contributed by atoms with Gasteiger partial charge in [0, 0.05) is 20.6 Å². The van der Waals surface area contributed by atoms with E-state index >= 15 is 0 Å². The first-order chi connectivity index (χ1) is 8.30. The van der Waals surface area contributed by atoms with Gasteiger partial charge in [0.05, 0.1) is 12.1 Å².